The van der Waals surface area contributed by atoms with Crippen molar-refractivity contribution in [2.24, 2.45) is 0 Å². The van der Waals surface area contributed by atoms with Gasteiger partial charge in [-0.15, -0.1) is 0 Å². The van der Waals surface area contributed by atoms with Crippen molar-refractivity contribution >= 4 is 17.9 Å². The average Bonchev–Trinajstić information content (AvgIpc) is 3.35. The van der Waals surface area contributed by atoms with Crippen LogP contribution in [-0.2, 0) is 28.6 Å². The number of ether oxygens (including phenoxy) is 3. The van der Waals surface area contributed by atoms with Crippen LogP contribution in [0, 0.1) is 0 Å². The van der Waals surface area contributed by atoms with Gasteiger partial charge >= 0.3 is 17.9 Å². The second-order valence-electron chi connectivity index (χ2n) is 18.8. The molecule has 0 unspecified atom stereocenters. The van der Waals surface area contributed by atoms with E-state index in [0.29, 0.717) is 12.8 Å². The summed E-state index contributed by atoms with van der Waals surface area (Å²) in [4.78, 5) is 38.1. The van der Waals surface area contributed by atoms with Crippen molar-refractivity contribution in [3.05, 3.63) is 97.2 Å². The standard InChI is InChI=1S/C63H106O6/c1-4-7-10-13-16-19-22-25-28-30-31-33-36-39-42-45-48-51-54-57-63(66)69-60(58-67-61(64)55-52-49-46-43-40-37-34-27-24-21-18-15-12-9-6-3)59-68-62(65)56-53-50-47-44-41-38-35-32-29-26-23-20-17-14-11-8-5-2/h9,12,16,18-19,21,25,27-28,31,33-34,39-40,42-43,60H,4-8,10-11,13-15,17,20,22-24,26,29-30,32,35-38,41,44-59H2,1-3H3/b12-9-,19-16-,21-18-,28-25-,33-31-,34-27-,42-39-,43-40-/t60-/m1/s1. The number of allylic oxidation sites excluding steroid dienone is 16. The van der Waals surface area contributed by atoms with Gasteiger partial charge in [0.25, 0.3) is 0 Å². The van der Waals surface area contributed by atoms with Gasteiger partial charge in [0.2, 0.25) is 0 Å². The highest BCUT2D eigenvalue weighted by atomic mass is 16.6. The maximum Gasteiger partial charge on any atom is 0.306 e. The summed E-state index contributed by atoms with van der Waals surface area (Å²) in [5.74, 6) is -0.972. The van der Waals surface area contributed by atoms with Crippen LogP contribution in [0.3, 0.4) is 0 Å². The van der Waals surface area contributed by atoms with Gasteiger partial charge < -0.3 is 14.2 Å². The molecule has 0 radical (unpaired) electrons. The highest BCUT2D eigenvalue weighted by Gasteiger charge is 2.19. The predicted octanol–water partition coefficient (Wildman–Crippen LogP) is 19.3. The van der Waals surface area contributed by atoms with E-state index in [1.54, 1.807) is 0 Å². The fourth-order valence-electron chi connectivity index (χ4n) is 7.77. The minimum atomic E-state index is -0.811. The third-order valence-corrected chi connectivity index (χ3v) is 12.1. The summed E-state index contributed by atoms with van der Waals surface area (Å²) in [6.45, 7) is 6.45. The summed E-state index contributed by atoms with van der Waals surface area (Å²) in [7, 11) is 0. The molecule has 69 heavy (non-hydrogen) atoms. The van der Waals surface area contributed by atoms with Crippen LogP contribution in [0.25, 0.3) is 0 Å². The topological polar surface area (TPSA) is 78.9 Å². The van der Waals surface area contributed by atoms with Crippen LogP contribution in [-0.4, -0.2) is 37.2 Å². The Hall–Kier alpha value is -3.67. The van der Waals surface area contributed by atoms with Gasteiger partial charge in [-0.25, -0.2) is 0 Å². The molecule has 0 saturated carbocycles. The van der Waals surface area contributed by atoms with Crippen molar-refractivity contribution in [3.8, 4) is 0 Å². The highest BCUT2D eigenvalue weighted by Crippen LogP contribution is 2.15. The van der Waals surface area contributed by atoms with Gasteiger partial charge in [-0.1, -0.05) is 240 Å². The summed E-state index contributed by atoms with van der Waals surface area (Å²) >= 11 is 0. The van der Waals surface area contributed by atoms with Crippen LogP contribution < -0.4 is 0 Å². The molecule has 0 spiro atoms. The first kappa shape index (κ1) is 65.3. The van der Waals surface area contributed by atoms with Crippen molar-refractivity contribution in [3.63, 3.8) is 0 Å². The van der Waals surface area contributed by atoms with Gasteiger partial charge in [-0.3, -0.25) is 14.4 Å². The lowest BCUT2D eigenvalue weighted by Crippen LogP contribution is -2.30. The Morgan fingerprint density at radius 1 is 0.304 bits per heavy atom. The number of esters is 3. The Morgan fingerprint density at radius 3 is 0.942 bits per heavy atom. The molecule has 0 amide bonds. The van der Waals surface area contributed by atoms with E-state index >= 15 is 0 Å². The Bertz CT molecular complexity index is 1380. The van der Waals surface area contributed by atoms with E-state index in [1.807, 2.05) is 0 Å². The van der Waals surface area contributed by atoms with Gasteiger partial charge in [0.1, 0.15) is 13.2 Å². The van der Waals surface area contributed by atoms with E-state index in [-0.39, 0.29) is 37.5 Å². The Morgan fingerprint density at radius 2 is 0.565 bits per heavy atom. The van der Waals surface area contributed by atoms with Crippen molar-refractivity contribution in [1.82, 2.24) is 0 Å². The third-order valence-electron chi connectivity index (χ3n) is 12.1. The van der Waals surface area contributed by atoms with E-state index < -0.39 is 6.10 Å². The van der Waals surface area contributed by atoms with Crippen LogP contribution in [0.5, 0.6) is 0 Å². The molecule has 0 heterocycles. The number of rotatable bonds is 51. The Labute approximate surface area is 426 Å². The van der Waals surface area contributed by atoms with Gasteiger partial charge in [0, 0.05) is 19.3 Å². The molecule has 0 aliphatic heterocycles. The molecular weight excluding hydrogens is 853 g/mol. The number of hydrogen-bond acceptors (Lipinski definition) is 6. The van der Waals surface area contributed by atoms with Crippen LogP contribution in [0.15, 0.2) is 97.2 Å². The normalized spacial score (nSPS) is 12.8. The fraction of sp³-hybridized carbons (Fsp3) is 0.698. The molecule has 0 aliphatic carbocycles. The zero-order chi connectivity index (χ0) is 50.0. The van der Waals surface area contributed by atoms with Gasteiger partial charge in [-0.05, 0) is 103 Å². The molecule has 0 saturated heterocycles. The lowest BCUT2D eigenvalue weighted by atomic mass is 10.0. The molecule has 0 aliphatic rings. The number of carbonyl (C=O) groups is 3. The monoisotopic (exact) mass is 959 g/mol. The quantitative estimate of drug-likeness (QED) is 0.0262. The van der Waals surface area contributed by atoms with Gasteiger partial charge in [0.15, 0.2) is 6.10 Å². The average molecular weight is 960 g/mol. The summed E-state index contributed by atoms with van der Waals surface area (Å²) in [5, 5.41) is 0. The zero-order valence-electron chi connectivity index (χ0n) is 45.0. The van der Waals surface area contributed by atoms with Crippen LogP contribution in [0.2, 0.25) is 0 Å². The number of unbranched alkanes of at least 4 members (excludes halogenated alkanes) is 24. The first-order chi connectivity index (χ1) is 34.0. The van der Waals surface area contributed by atoms with Gasteiger partial charge in [-0.2, -0.15) is 0 Å². The number of carbonyl (C=O) groups excluding carboxylic acids is 3. The van der Waals surface area contributed by atoms with E-state index in [2.05, 4.69) is 118 Å². The molecule has 6 nitrogen and oxygen atoms in total. The minimum Gasteiger partial charge on any atom is -0.462 e. The minimum absolute atomic E-state index is 0.102. The second-order valence-corrected chi connectivity index (χ2v) is 18.8. The van der Waals surface area contributed by atoms with Crippen molar-refractivity contribution in [2.75, 3.05) is 13.2 Å². The molecule has 0 aromatic carbocycles. The molecule has 0 bridgehead atoms. The largest absolute Gasteiger partial charge is 0.462 e. The molecular formula is C63H106O6. The molecule has 1 atom stereocenters. The van der Waals surface area contributed by atoms with Gasteiger partial charge in [0.05, 0.1) is 0 Å². The van der Waals surface area contributed by atoms with E-state index in [9.17, 15) is 14.4 Å². The maximum absolute atomic E-state index is 12.9. The predicted molar refractivity (Wildman–Crippen MR) is 297 cm³/mol. The third kappa shape index (κ3) is 55.1. The molecule has 0 N–H and O–H groups in total. The first-order valence-corrected chi connectivity index (χ1v) is 28.7. The van der Waals surface area contributed by atoms with E-state index in [0.717, 1.165) is 109 Å². The SMILES string of the molecule is CC/C=C\C/C=C\C/C=C\C/C=C\CCCCC(=O)OC[C@H](COC(=O)CCCCCCCCCCCCCCCCCCC)OC(=O)CCCCC/C=C\C/C=C\C/C=C\C/C=C\CCCCC. The van der Waals surface area contributed by atoms with Crippen molar-refractivity contribution < 1.29 is 28.6 Å². The maximum atomic E-state index is 12.9. The molecule has 6 heteroatoms. The second kappa shape index (κ2) is 56.9. The number of hydrogen-bond donors (Lipinski definition) is 0. The molecule has 0 aromatic heterocycles. The highest BCUT2D eigenvalue weighted by molar-refractivity contribution is 5.71. The van der Waals surface area contributed by atoms with Crippen molar-refractivity contribution in [1.29, 1.82) is 0 Å². The summed E-state index contributed by atoms with van der Waals surface area (Å²) in [6, 6.07) is 0. The molecule has 0 aromatic rings. The lowest BCUT2D eigenvalue weighted by molar-refractivity contribution is -0.167. The summed E-state index contributed by atoms with van der Waals surface area (Å²) in [6.07, 6.45) is 75.4. The van der Waals surface area contributed by atoms with Crippen molar-refractivity contribution in [2.45, 2.75) is 271 Å². The van der Waals surface area contributed by atoms with Crippen LogP contribution in [0.4, 0.5) is 0 Å². The Balaban J connectivity index is 4.50. The summed E-state index contributed by atoms with van der Waals surface area (Å²) in [5.41, 5.74) is 0. The first-order valence-electron chi connectivity index (χ1n) is 28.7. The smallest absolute Gasteiger partial charge is 0.306 e. The fourth-order valence-corrected chi connectivity index (χ4v) is 7.77. The lowest BCUT2D eigenvalue weighted by Gasteiger charge is -2.18. The zero-order valence-corrected chi connectivity index (χ0v) is 45.0. The van der Waals surface area contributed by atoms with E-state index in [4.69, 9.17) is 14.2 Å². The van der Waals surface area contributed by atoms with Crippen LogP contribution >= 0.6 is 0 Å². The summed E-state index contributed by atoms with van der Waals surface area (Å²) < 4.78 is 16.8. The molecule has 394 valence electrons. The molecule has 0 fully saturated rings. The van der Waals surface area contributed by atoms with Crippen LogP contribution in [0.1, 0.15) is 265 Å². The Kier molecular flexibility index (Phi) is 53.9. The molecule has 0 rings (SSSR count). The van der Waals surface area contributed by atoms with E-state index in [1.165, 1.54) is 116 Å².